The summed E-state index contributed by atoms with van der Waals surface area (Å²) in [5.41, 5.74) is -0.184. The van der Waals surface area contributed by atoms with E-state index in [0.717, 1.165) is 0 Å². The fourth-order valence-corrected chi connectivity index (χ4v) is 1.89. The molecule has 0 aliphatic heterocycles. The Morgan fingerprint density at radius 3 is 2.79 bits per heavy atom. The number of rotatable bonds is 3. The second kappa shape index (κ2) is 4.70. The summed E-state index contributed by atoms with van der Waals surface area (Å²) in [5.74, 6) is 0.353. The quantitative estimate of drug-likeness (QED) is 0.786. The van der Waals surface area contributed by atoms with E-state index < -0.39 is 0 Å². The standard InChI is InChI=1S/C7H12N4OS2/c1-7(2,3)8-5(12)4-13-6-9-10-11-14-6/h4H2,1-3H3,(H,8,12). The smallest absolute Gasteiger partial charge is 0.230 e. The molecule has 0 fully saturated rings. The number of hydrogen-bond acceptors (Lipinski definition) is 6. The van der Waals surface area contributed by atoms with Crippen molar-refractivity contribution in [3.8, 4) is 0 Å². The Labute approximate surface area is 90.8 Å². The van der Waals surface area contributed by atoms with E-state index in [2.05, 4.69) is 20.1 Å². The predicted octanol–water partition coefficient (Wildman–Crippen LogP) is 0.940. The molecule has 14 heavy (non-hydrogen) atoms. The molecule has 1 aromatic heterocycles. The Morgan fingerprint density at radius 2 is 2.29 bits per heavy atom. The van der Waals surface area contributed by atoms with E-state index in [1.807, 2.05) is 20.8 Å². The van der Waals surface area contributed by atoms with Gasteiger partial charge in [0.15, 0.2) is 4.34 Å². The van der Waals surface area contributed by atoms with Crippen molar-refractivity contribution < 1.29 is 4.79 Å². The van der Waals surface area contributed by atoms with Crippen molar-refractivity contribution in [2.75, 3.05) is 5.75 Å². The molecule has 1 aromatic rings. The summed E-state index contributed by atoms with van der Waals surface area (Å²) in [6.07, 6.45) is 0. The molecule has 0 saturated heterocycles. The molecule has 0 aliphatic rings. The van der Waals surface area contributed by atoms with Gasteiger partial charge in [0.05, 0.1) is 5.75 Å². The fourth-order valence-electron chi connectivity index (χ4n) is 0.763. The summed E-state index contributed by atoms with van der Waals surface area (Å²) in [6.45, 7) is 5.84. The van der Waals surface area contributed by atoms with Crippen molar-refractivity contribution >= 4 is 29.2 Å². The number of nitrogens with zero attached hydrogens (tertiary/aromatic N) is 3. The zero-order valence-electron chi connectivity index (χ0n) is 8.27. The van der Waals surface area contributed by atoms with Gasteiger partial charge in [-0.25, -0.2) is 0 Å². The predicted molar refractivity (Wildman–Crippen MR) is 56.3 cm³/mol. The van der Waals surface area contributed by atoms with Gasteiger partial charge in [-0.05, 0) is 26.0 Å². The average molecular weight is 232 g/mol. The van der Waals surface area contributed by atoms with Crippen LogP contribution in [0.4, 0.5) is 0 Å². The molecule has 0 radical (unpaired) electrons. The Morgan fingerprint density at radius 1 is 1.57 bits per heavy atom. The first-order chi connectivity index (χ1) is 6.47. The molecule has 0 atom stereocenters. The van der Waals surface area contributed by atoms with E-state index in [4.69, 9.17) is 0 Å². The molecule has 5 nitrogen and oxygen atoms in total. The van der Waals surface area contributed by atoms with Crippen molar-refractivity contribution in [3.05, 3.63) is 0 Å². The lowest BCUT2D eigenvalue weighted by Crippen LogP contribution is -2.41. The van der Waals surface area contributed by atoms with Crippen LogP contribution in [-0.2, 0) is 4.79 Å². The largest absolute Gasteiger partial charge is 0.351 e. The molecule has 0 saturated carbocycles. The fraction of sp³-hybridized carbons (Fsp3) is 0.714. The Balaban J connectivity index is 2.29. The molecule has 0 bridgehead atoms. The molecule has 1 rings (SSSR count). The summed E-state index contributed by atoms with van der Waals surface area (Å²) in [6, 6.07) is 0. The molecule has 1 heterocycles. The minimum atomic E-state index is -0.184. The van der Waals surface area contributed by atoms with Gasteiger partial charge < -0.3 is 5.32 Å². The summed E-state index contributed by atoms with van der Waals surface area (Å²) in [7, 11) is 0. The molecule has 0 spiro atoms. The Kier molecular flexibility index (Phi) is 3.82. The van der Waals surface area contributed by atoms with Crippen molar-refractivity contribution in [3.63, 3.8) is 0 Å². The maximum absolute atomic E-state index is 11.4. The third kappa shape index (κ3) is 4.52. The SMILES string of the molecule is CC(C)(C)NC(=O)CSc1nnns1. The summed E-state index contributed by atoms with van der Waals surface area (Å²) >= 11 is 2.54. The van der Waals surface area contributed by atoms with E-state index in [-0.39, 0.29) is 11.4 Å². The van der Waals surface area contributed by atoms with Gasteiger partial charge in [0, 0.05) is 17.1 Å². The van der Waals surface area contributed by atoms with Crippen LogP contribution in [0.5, 0.6) is 0 Å². The average Bonchev–Trinajstić information content (AvgIpc) is 2.49. The van der Waals surface area contributed by atoms with Crippen molar-refractivity contribution in [2.24, 2.45) is 0 Å². The van der Waals surface area contributed by atoms with Crippen LogP contribution in [0.25, 0.3) is 0 Å². The van der Waals surface area contributed by atoms with E-state index >= 15 is 0 Å². The van der Waals surface area contributed by atoms with Crippen LogP contribution < -0.4 is 5.32 Å². The number of aromatic nitrogens is 3. The van der Waals surface area contributed by atoms with Crippen molar-refractivity contribution in [2.45, 2.75) is 30.6 Å². The zero-order chi connectivity index (χ0) is 10.6. The molecule has 0 aliphatic carbocycles. The van der Waals surface area contributed by atoms with Crippen LogP contribution in [0.1, 0.15) is 20.8 Å². The summed E-state index contributed by atoms with van der Waals surface area (Å²) < 4.78 is 4.32. The van der Waals surface area contributed by atoms with Crippen LogP contribution in [0.2, 0.25) is 0 Å². The number of nitrogens with one attached hydrogen (secondary N) is 1. The highest BCUT2D eigenvalue weighted by molar-refractivity contribution is 8.01. The van der Waals surface area contributed by atoms with Gasteiger partial charge in [-0.1, -0.05) is 16.3 Å². The summed E-state index contributed by atoms with van der Waals surface area (Å²) in [4.78, 5) is 11.4. The number of thioether (sulfide) groups is 1. The summed E-state index contributed by atoms with van der Waals surface area (Å²) in [5, 5.41) is 10.0. The highest BCUT2D eigenvalue weighted by Gasteiger charge is 2.14. The lowest BCUT2D eigenvalue weighted by atomic mass is 10.1. The normalized spacial score (nSPS) is 11.4. The molecule has 1 N–H and O–H groups in total. The van der Waals surface area contributed by atoms with E-state index in [0.29, 0.717) is 10.1 Å². The van der Waals surface area contributed by atoms with Crippen LogP contribution in [-0.4, -0.2) is 32.0 Å². The lowest BCUT2D eigenvalue weighted by molar-refractivity contribution is -0.119. The van der Waals surface area contributed by atoms with E-state index in [9.17, 15) is 4.79 Å². The minimum absolute atomic E-state index is 0.00213. The number of carbonyl (C=O) groups is 1. The van der Waals surface area contributed by atoms with Gasteiger partial charge in [0.1, 0.15) is 0 Å². The van der Waals surface area contributed by atoms with Gasteiger partial charge in [0.2, 0.25) is 5.91 Å². The lowest BCUT2D eigenvalue weighted by Gasteiger charge is -2.19. The van der Waals surface area contributed by atoms with Crippen LogP contribution in [0, 0.1) is 0 Å². The van der Waals surface area contributed by atoms with Gasteiger partial charge in [-0.15, -0.1) is 5.10 Å². The maximum atomic E-state index is 11.4. The van der Waals surface area contributed by atoms with Gasteiger partial charge in [-0.2, -0.15) is 0 Å². The molecule has 7 heteroatoms. The van der Waals surface area contributed by atoms with E-state index in [1.54, 1.807) is 0 Å². The van der Waals surface area contributed by atoms with Crippen LogP contribution in [0.3, 0.4) is 0 Å². The molecule has 78 valence electrons. The topological polar surface area (TPSA) is 67.8 Å². The number of hydrogen-bond donors (Lipinski definition) is 1. The Hall–Kier alpha value is -0.690. The second-order valence-corrected chi connectivity index (χ2v) is 5.67. The highest BCUT2D eigenvalue weighted by atomic mass is 32.2. The maximum Gasteiger partial charge on any atom is 0.230 e. The molecular formula is C7H12N4OS2. The molecule has 0 unspecified atom stereocenters. The number of carbonyl (C=O) groups excluding carboxylic acids is 1. The van der Waals surface area contributed by atoms with Crippen molar-refractivity contribution in [1.82, 2.24) is 20.1 Å². The van der Waals surface area contributed by atoms with Crippen molar-refractivity contribution in [1.29, 1.82) is 0 Å². The third-order valence-corrected chi connectivity index (χ3v) is 2.83. The minimum Gasteiger partial charge on any atom is -0.351 e. The molecule has 0 aromatic carbocycles. The van der Waals surface area contributed by atoms with E-state index in [1.165, 1.54) is 23.3 Å². The van der Waals surface area contributed by atoms with Gasteiger partial charge >= 0.3 is 0 Å². The van der Waals surface area contributed by atoms with Gasteiger partial charge in [-0.3, -0.25) is 4.79 Å². The van der Waals surface area contributed by atoms with Crippen LogP contribution in [0.15, 0.2) is 4.34 Å². The van der Waals surface area contributed by atoms with Gasteiger partial charge in [0.25, 0.3) is 0 Å². The molecular weight excluding hydrogens is 220 g/mol. The number of amides is 1. The third-order valence-electron chi connectivity index (χ3n) is 1.12. The first-order valence-electron chi connectivity index (χ1n) is 4.06. The van der Waals surface area contributed by atoms with Crippen LogP contribution >= 0.6 is 23.3 Å². The Bertz CT molecular complexity index is 293. The highest BCUT2D eigenvalue weighted by Crippen LogP contribution is 2.16. The first kappa shape index (κ1) is 11.4. The second-order valence-electron chi connectivity index (χ2n) is 3.72. The zero-order valence-corrected chi connectivity index (χ0v) is 9.91. The molecule has 1 amide bonds. The first-order valence-corrected chi connectivity index (χ1v) is 5.82. The monoisotopic (exact) mass is 232 g/mol.